The van der Waals surface area contributed by atoms with Crippen LogP contribution in [0, 0.1) is 10.1 Å². The minimum absolute atomic E-state index is 0.0475. The van der Waals surface area contributed by atoms with Gasteiger partial charge in [0.2, 0.25) is 0 Å². The van der Waals surface area contributed by atoms with Crippen molar-refractivity contribution in [3.63, 3.8) is 0 Å². The molecule has 0 heterocycles. The fourth-order valence-corrected chi connectivity index (χ4v) is 2.59. The van der Waals surface area contributed by atoms with E-state index in [-0.39, 0.29) is 5.69 Å². The molecule has 0 N–H and O–H groups in total. The highest BCUT2D eigenvalue weighted by atomic mass is 19.4. The second-order valence-corrected chi connectivity index (χ2v) is 6.30. The zero-order valence-corrected chi connectivity index (χ0v) is 15.1. The summed E-state index contributed by atoms with van der Waals surface area (Å²) in [7, 11) is 0. The molecule has 0 aliphatic carbocycles. The Morgan fingerprint density at radius 2 is 0.931 bits per heavy atom. The number of nitro benzene ring substituents is 1. The minimum Gasteiger partial charge on any atom is -0.258 e. The van der Waals surface area contributed by atoms with Gasteiger partial charge in [0.05, 0.1) is 10.5 Å². The van der Waals surface area contributed by atoms with Gasteiger partial charge in [-0.15, -0.1) is 0 Å². The summed E-state index contributed by atoms with van der Waals surface area (Å²) >= 11 is 0. The van der Waals surface area contributed by atoms with Crippen molar-refractivity contribution < 1.29 is 18.1 Å². The smallest absolute Gasteiger partial charge is 0.258 e. The van der Waals surface area contributed by atoms with Gasteiger partial charge in [-0.25, -0.2) is 0 Å². The monoisotopic (exact) mass is 395 g/mol. The Labute approximate surface area is 165 Å². The van der Waals surface area contributed by atoms with E-state index in [9.17, 15) is 23.3 Å². The first-order valence-electron chi connectivity index (χ1n) is 8.69. The first kappa shape index (κ1) is 20.1. The number of non-ortho nitro benzene ring substituents is 1. The topological polar surface area (TPSA) is 43.1 Å². The van der Waals surface area contributed by atoms with Gasteiger partial charge in [-0.1, -0.05) is 60.7 Å². The van der Waals surface area contributed by atoms with Crippen LogP contribution in [0.2, 0.25) is 0 Å². The quantitative estimate of drug-likeness (QED) is 0.266. The summed E-state index contributed by atoms with van der Waals surface area (Å²) in [4.78, 5) is 10.2. The lowest BCUT2D eigenvalue weighted by atomic mass is 10.1. The van der Waals surface area contributed by atoms with Gasteiger partial charge >= 0.3 is 6.18 Å². The molecule has 0 fully saturated rings. The average Bonchev–Trinajstić information content (AvgIpc) is 2.71. The Bertz CT molecular complexity index is 1030. The Hall–Kier alpha value is -3.67. The molecule has 0 saturated heterocycles. The van der Waals surface area contributed by atoms with E-state index in [0.29, 0.717) is 5.56 Å². The van der Waals surface area contributed by atoms with Crippen molar-refractivity contribution in [2.45, 2.75) is 6.18 Å². The van der Waals surface area contributed by atoms with Crippen LogP contribution < -0.4 is 0 Å². The van der Waals surface area contributed by atoms with E-state index in [2.05, 4.69) is 0 Å². The largest absolute Gasteiger partial charge is 0.416 e. The maximum atomic E-state index is 12.6. The number of rotatable bonds is 5. The van der Waals surface area contributed by atoms with E-state index in [1.165, 1.54) is 24.3 Å². The van der Waals surface area contributed by atoms with E-state index in [4.69, 9.17) is 0 Å². The van der Waals surface area contributed by atoms with Crippen molar-refractivity contribution in [2.24, 2.45) is 0 Å². The van der Waals surface area contributed by atoms with Gasteiger partial charge in [0, 0.05) is 12.1 Å². The molecule has 146 valence electrons. The van der Waals surface area contributed by atoms with Crippen LogP contribution in [-0.4, -0.2) is 4.92 Å². The zero-order chi connectivity index (χ0) is 20.9. The van der Waals surface area contributed by atoms with Crippen LogP contribution in [0.1, 0.15) is 27.8 Å². The normalized spacial score (nSPS) is 12.0. The second-order valence-electron chi connectivity index (χ2n) is 6.30. The molecule has 0 atom stereocenters. The van der Waals surface area contributed by atoms with Crippen LogP contribution in [-0.2, 0) is 6.18 Å². The molecule has 0 radical (unpaired) electrons. The summed E-state index contributed by atoms with van der Waals surface area (Å²) in [6.45, 7) is 0. The molecule has 0 aromatic heterocycles. The highest BCUT2D eigenvalue weighted by molar-refractivity contribution is 5.73. The molecule has 0 saturated carbocycles. The Kier molecular flexibility index (Phi) is 5.93. The fraction of sp³-hybridized carbons (Fsp3) is 0.0435. The number of benzene rings is 3. The van der Waals surface area contributed by atoms with Crippen LogP contribution in [0.3, 0.4) is 0 Å². The van der Waals surface area contributed by atoms with Crippen molar-refractivity contribution >= 4 is 30.0 Å². The molecule has 3 aromatic rings. The summed E-state index contributed by atoms with van der Waals surface area (Å²) in [5.74, 6) is 0. The van der Waals surface area contributed by atoms with E-state index < -0.39 is 16.7 Å². The molecule has 3 rings (SSSR count). The average molecular weight is 395 g/mol. The zero-order valence-electron chi connectivity index (χ0n) is 15.1. The van der Waals surface area contributed by atoms with Crippen molar-refractivity contribution in [3.05, 3.63) is 111 Å². The first-order valence-corrected chi connectivity index (χ1v) is 8.69. The number of hydrogen-bond acceptors (Lipinski definition) is 2. The molecule has 3 aromatic carbocycles. The highest BCUT2D eigenvalue weighted by Crippen LogP contribution is 2.29. The molecule has 0 aliphatic rings. The van der Waals surface area contributed by atoms with Crippen LogP contribution in [0.5, 0.6) is 0 Å². The predicted molar refractivity (Wildman–Crippen MR) is 109 cm³/mol. The van der Waals surface area contributed by atoms with Crippen molar-refractivity contribution in [3.8, 4) is 0 Å². The summed E-state index contributed by atoms with van der Waals surface area (Å²) < 4.78 is 37.7. The minimum atomic E-state index is -4.33. The van der Waals surface area contributed by atoms with Crippen LogP contribution in [0.4, 0.5) is 18.9 Å². The second kappa shape index (κ2) is 8.56. The van der Waals surface area contributed by atoms with E-state index >= 15 is 0 Å². The molecule has 0 unspecified atom stereocenters. The van der Waals surface area contributed by atoms with Gasteiger partial charge in [0.15, 0.2) is 0 Å². The van der Waals surface area contributed by atoms with Gasteiger partial charge in [-0.2, -0.15) is 13.2 Å². The van der Waals surface area contributed by atoms with Crippen LogP contribution in [0.25, 0.3) is 24.3 Å². The van der Waals surface area contributed by atoms with E-state index in [0.717, 1.165) is 28.8 Å². The van der Waals surface area contributed by atoms with Crippen molar-refractivity contribution in [2.75, 3.05) is 0 Å². The lowest BCUT2D eigenvalue weighted by Crippen LogP contribution is -2.03. The lowest BCUT2D eigenvalue weighted by molar-refractivity contribution is -0.384. The molecular weight excluding hydrogens is 379 g/mol. The first-order chi connectivity index (χ1) is 13.8. The highest BCUT2D eigenvalue weighted by Gasteiger charge is 2.29. The Morgan fingerprint density at radius 1 is 0.621 bits per heavy atom. The van der Waals surface area contributed by atoms with Gasteiger partial charge in [-0.05, 0) is 46.5 Å². The standard InChI is InChI=1S/C23H16F3NO2/c24-23(25,26)21-13-9-19(10-14-21)7-5-17-1-3-18(4-2-17)6-8-20-11-15-22(16-12-20)27(28)29/h1-16H/b7-5+,8-6+. The molecule has 29 heavy (non-hydrogen) atoms. The number of hydrogen-bond donors (Lipinski definition) is 0. The maximum absolute atomic E-state index is 12.6. The molecule has 0 bridgehead atoms. The van der Waals surface area contributed by atoms with Crippen molar-refractivity contribution in [1.29, 1.82) is 0 Å². The molecule has 3 nitrogen and oxygen atoms in total. The predicted octanol–water partition coefficient (Wildman–Crippen LogP) is 6.95. The molecule has 6 heteroatoms. The summed E-state index contributed by atoms with van der Waals surface area (Å²) in [6, 6.07) is 18.9. The van der Waals surface area contributed by atoms with Crippen LogP contribution >= 0.6 is 0 Å². The molecular formula is C23H16F3NO2. The Morgan fingerprint density at radius 3 is 1.24 bits per heavy atom. The van der Waals surface area contributed by atoms with E-state index in [1.54, 1.807) is 18.2 Å². The molecule has 0 amide bonds. The third-order valence-corrected chi connectivity index (χ3v) is 4.21. The molecule has 0 aliphatic heterocycles. The summed E-state index contributed by atoms with van der Waals surface area (Å²) in [5, 5.41) is 10.7. The third-order valence-electron chi connectivity index (χ3n) is 4.21. The number of nitrogens with zero attached hydrogens (tertiary/aromatic N) is 1. The number of nitro groups is 1. The van der Waals surface area contributed by atoms with Crippen LogP contribution in [0.15, 0.2) is 72.8 Å². The Balaban J connectivity index is 1.63. The van der Waals surface area contributed by atoms with Gasteiger partial charge < -0.3 is 0 Å². The summed E-state index contributed by atoms with van der Waals surface area (Å²) in [6.07, 6.45) is 3.00. The van der Waals surface area contributed by atoms with Gasteiger partial charge in [0.25, 0.3) is 5.69 Å². The van der Waals surface area contributed by atoms with Gasteiger partial charge in [-0.3, -0.25) is 10.1 Å². The van der Waals surface area contributed by atoms with Crippen molar-refractivity contribution in [1.82, 2.24) is 0 Å². The number of alkyl halides is 3. The lowest BCUT2D eigenvalue weighted by Gasteiger charge is -2.05. The maximum Gasteiger partial charge on any atom is 0.416 e. The third kappa shape index (κ3) is 5.65. The SMILES string of the molecule is O=[N+]([O-])c1ccc(/C=C/c2ccc(/C=C/c3ccc(C(F)(F)F)cc3)cc2)cc1. The fourth-order valence-electron chi connectivity index (χ4n) is 2.59. The molecule has 0 spiro atoms. The van der Waals surface area contributed by atoms with Gasteiger partial charge in [0.1, 0.15) is 0 Å². The van der Waals surface area contributed by atoms with E-state index in [1.807, 2.05) is 42.5 Å². The summed E-state index contributed by atoms with van der Waals surface area (Å²) in [5.41, 5.74) is 2.78. The number of halogens is 3.